The Balaban J connectivity index is 4.67. The molecule has 0 saturated heterocycles. The summed E-state index contributed by atoms with van der Waals surface area (Å²) in [6, 6.07) is 0. The van der Waals surface area contributed by atoms with Crippen molar-refractivity contribution >= 4 is 0 Å². The molecule has 0 aliphatic carbocycles. The molecular weight excluding hydrogens is 392 g/mol. The highest BCUT2D eigenvalue weighted by molar-refractivity contribution is 4.91. The van der Waals surface area contributed by atoms with Gasteiger partial charge in [-0.15, -0.1) is 0 Å². The highest BCUT2D eigenvalue weighted by Crippen LogP contribution is 2.29. The van der Waals surface area contributed by atoms with Crippen LogP contribution in [0, 0.1) is 5.41 Å². The van der Waals surface area contributed by atoms with Gasteiger partial charge in [-0.2, -0.15) is 0 Å². The topological polar surface area (TPSA) is 179 Å². The van der Waals surface area contributed by atoms with Gasteiger partial charge in [-0.25, -0.2) is 0 Å². The first-order chi connectivity index (χ1) is 14.0. The lowest BCUT2D eigenvalue weighted by Crippen LogP contribution is -2.51. The molecule has 0 fully saturated rings. The largest absolute Gasteiger partial charge is 0.396 e. The molecule has 0 amide bonds. The standard InChI is InChI=1S/C18H38O11/c19-3-5-26-7-8-27-9-10-28-15-18(25,16(11-21)29-6-4-20)2-1-17(12-22,13-23)14-24/h16,19-25H,1-15H2. The minimum absolute atomic E-state index is 0.0405. The van der Waals surface area contributed by atoms with Crippen LogP contribution in [-0.2, 0) is 18.9 Å². The van der Waals surface area contributed by atoms with E-state index in [2.05, 4.69) is 0 Å². The van der Waals surface area contributed by atoms with Crippen molar-refractivity contribution in [3.8, 4) is 0 Å². The van der Waals surface area contributed by atoms with Gasteiger partial charge in [0.1, 0.15) is 11.7 Å². The Morgan fingerprint density at radius 3 is 1.62 bits per heavy atom. The molecule has 176 valence electrons. The summed E-state index contributed by atoms with van der Waals surface area (Å²) in [5.41, 5.74) is -2.87. The van der Waals surface area contributed by atoms with E-state index in [0.29, 0.717) is 13.2 Å². The van der Waals surface area contributed by atoms with Crippen molar-refractivity contribution in [1.29, 1.82) is 0 Å². The fraction of sp³-hybridized carbons (Fsp3) is 1.00. The van der Waals surface area contributed by atoms with Gasteiger partial charge in [-0.1, -0.05) is 0 Å². The molecule has 0 radical (unpaired) electrons. The van der Waals surface area contributed by atoms with E-state index in [0.717, 1.165) is 0 Å². The van der Waals surface area contributed by atoms with Crippen molar-refractivity contribution in [3.63, 3.8) is 0 Å². The minimum atomic E-state index is -1.68. The second-order valence-corrected chi connectivity index (χ2v) is 6.84. The van der Waals surface area contributed by atoms with Crippen LogP contribution in [0.3, 0.4) is 0 Å². The highest BCUT2D eigenvalue weighted by atomic mass is 16.6. The molecule has 0 rings (SSSR count). The van der Waals surface area contributed by atoms with Gasteiger partial charge in [0.25, 0.3) is 0 Å². The van der Waals surface area contributed by atoms with Crippen molar-refractivity contribution in [2.24, 2.45) is 5.41 Å². The summed E-state index contributed by atoms with van der Waals surface area (Å²) in [6.45, 7) is -1.41. The van der Waals surface area contributed by atoms with Crippen molar-refractivity contribution in [2.75, 3.05) is 85.9 Å². The molecule has 0 saturated carbocycles. The highest BCUT2D eigenvalue weighted by Gasteiger charge is 2.40. The van der Waals surface area contributed by atoms with Gasteiger partial charge in [-0.3, -0.25) is 0 Å². The summed E-state index contributed by atoms with van der Waals surface area (Å²) in [5, 5.41) is 66.6. The van der Waals surface area contributed by atoms with Crippen LogP contribution in [0.4, 0.5) is 0 Å². The second kappa shape index (κ2) is 17.3. The van der Waals surface area contributed by atoms with Gasteiger partial charge >= 0.3 is 0 Å². The Morgan fingerprint density at radius 1 is 0.621 bits per heavy atom. The SMILES string of the molecule is OCCOCCOCCOCC(O)(CCC(CO)(CO)CO)C(CO)OCCO. The van der Waals surface area contributed by atoms with E-state index < -0.39 is 43.5 Å². The molecule has 0 aliphatic heterocycles. The first-order valence-corrected chi connectivity index (χ1v) is 9.70. The van der Waals surface area contributed by atoms with Crippen LogP contribution in [-0.4, -0.2) is 133 Å². The maximum atomic E-state index is 11.0. The molecule has 0 aromatic rings. The van der Waals surface area contributed by atoms with Crippen LogP contribution >= 0.6 is 0 Å². The molecule has 2 atom stereocenters. The van der Waals surface area contributed by atoms with E-state index in [4.69, 9.17) is 29.2 Å². The van der Waals surface area contributed by atoms with Crippen LogP contribution in [0.25, 0.3) is 0 Å². The molecule has 0 aliphatic rings. The van der Waals surface area contributed by atoms with Gasteiger partial charge < -0.3 is 54.7 Å². The first-order valence-electron chi connectivity index (χ1n) is 9.70. The molecule has 29 heavy (non-hydrogen) atoms. The summed E-state index contributed by atoms with van der Waals surface area (Å²) in [6.07, 6.45) is -1.06. The lowest BCUT2D eigenvalue weighted by atomic mass is 9.80. The predicted octanol–water partition coefficient (Wildman–Crippen LogP) is -3.13. The van der Waals surface area contributed by atoms with Crippen molar-refractivity contribution in [3.05, 3.63) is 0 Å². The van der Waals surface area contributed by atoms with E-state index in [9.17, 15) is 25.5 Å². The van der Waals surface area contributed by atoms with E-state index >= 15 is 0 Å². The smallest absolute Gasteiger partial charge is 0.116 e. The van der Waals surface area contributed by atoms with Gasteiger partial charge in [0.05, 0.1) is 85.9 Å². The Bertz CT molecular complexity index is 359. The van der Waals surface area contributed by atoms with Crippen molar-refractivity contribution in [1.82, 2.24) is 0 Å². The third-order valence-corrected chi connectivity index (χ3v) is 4.60. The average molecular weight is 430 g/mol. The van der Waals surface area contributed by atoms with Gasteiger partial charge in [0.2, 0.25) is 0 Å². The molecule has 2 unspecified atom stereocenters. The Kier molecular flexibility index (Phi) is 17.0. The Morgan fingerprint density at radius 2 is 1.14 bits per heavy atom. The maximum absolute atomic E-state index is 11.0. The molecule has 0 aromatic heterocycles. The molecule has 0 bridgehead atoms. The minimum Gasteiger partial charge on any atom is -0.396 e. The fourth-order valence-electron chi connectivity index (χ4n) is 2.52. The molecule has 0 aromatic carbocycles. The number of rotatable bonds is 21. The monoisotopic (exact) mass is 430 g/mol. The van der Waals surface area contributed by atoms with Crippen LogP contribution in [0.1, 0.15) is 12.8 Å². The molecule has 0 heterocycles. The Labute approximate surface area is 171 Å². The predicted molar refractivity (Wildman–Crippen MR) is 101 cm³/mol. The third kappa shape index (κ3) is 11.5. The summed E-state index contributed by atoms with van der Waals surface area (Å²) in [5.74, 6) is 0. The number of hydrogen-bond acceptors (Lipinski definition) is 11. The van der Waals surface area contributed by atoms with E-state index in [1.54, 1.807) is 0 Å². The molecule has 7 N–H and O–H groups in total. The summed E-state index contributed by atoms with van der Waals surface area (Å²) >= 11 is 0. The summed E-state index contributed by atoms with van der Waals surface area (Å²) < 4.78 is 21.1. The number of aliphatic hydroxyl groups is 7. The van der Waals surface area contributed by atoms with Crippen molar-refractivity contribution in [2.45, 2.75) is 24.5 Å². The number of aliphatic hydroxyl groups excluding tert-OH is 6. The zero-order valence-corrected chi connectivity index (χ0v) is 16.9. The Hall–Kier alpha value is -0.440. The third-order valence-electron chi connectivity index (χ3n) is 4.60. The van der Waals surface area contributed by atoms with Crippen molar-refractivity contribution < 1.29 is 54.7 Å². The molecular formula is C18H38O11. The quantitative estimate of drug-likeness (QED) is 0.0916. The zero-order chi connectivity index (χ0) is 22.0. The lowest BCUT2D eigenvalue weighted by Gasteiger charge is -2.38. The van der Waals surface area contributed by atoms with Gasteiger partial charge in [0.15, 0.2) is 0 Å². The maximum Gasteiger partial charge on any atom is 0.116 e. The molecule has 0 spiro atoms. The van der Waals surface area contributed by atoms with E-state index in [1.807, 2.05) is 0 Å². The summed E-state index contributed by atoms with van der Waals surface area (Å²) in [4.78, 5) is 0. The zero-order valence-electron chi connectivity index (χ0n) is 16.9. The fourth-order valence-corrected chi connectivity index (χ4v) is 2.52. The van der Waals surface area contributed by atoms with E-state index in [1.165, 1.54) is 0 Å². The van der Waals surface area contributed by atoms with E-state index in [-0.39, 0.29) is 59.1 Å². The number of hydrogen-bond donors (Lipinski definition) is 7. The van der Waals surface area contributed by atoms with Crippen LogP contribution < -0.4 is 0 Å². The van der Waals surface area contributed by atoms with Gasteiger partial charge in [0, 0.05) is 5.41 Å². The second-order valence-electron chi connectivity index (χ2n) is 6.84. The average Bonchev–Trinajstić information content (AvgIpc) is 2.74. The van der Waals surface area contributed by atoms with Gasteiger partial charge in [-0.05, 0) is 12.8 Å². The summed E-state index contributed by atoms with van der Waals surface area (Å²) in [7, 11) is 0. The van der Waals surface area contributed by atoms with Crippen LogP contribution in [0.15, 0.2) is 0 Å². The molecule has 11 heteroatoms. The van der Waals surface area contributed by atoms with Crippen LogP contribution in [0.5, 0.6) is 0 Å². The number of ether oxygens (including phenoxy) is 4. The lowest BCUT2D eigenvalue weighted by molar-refractivity contribution is -0.171. The molecule has 11 nitrogen and oxygen atoms in total. The normalized spacial score (nSPS) is 15.4. The first kappa shape index (κ1) is 28.6. The van der Waals surface area contributed by atoms with Crippen LogP contribution in [0.2, 0.25) is 0 Å².